The Morgan fingerprint density at radius 1 is 0.469 bits per heavy atom. The van der Waals surface area contributed by atoms with Crippen molar-refractivity contribution in [2.45, 2.75) is 12.3 Å². The molecular formula is C32H24. The maximum atomic E-state index is 2.39. The predicted molar refractivity (Wildman–Crippen MR) is 134 cm³/mol. The number of fused-ring (bicyclic) bond motifs is 3. The zero-order chi connectivity index (χ0) is 21.5. The maximum absolute atomic E-state index is 2.39. The molecule has 0 nitrogen and oxygen atoms in total. The van der Waals surface area contributed by atoms with Crippen molar-refractivity contribution in [1.29, 1.82) is 0 Å². The highest BCUT2D eigenvalue weighted by Gasteiger charge is 2.46. The van der Waals surface area contributed by atoms with Crippen LogP contribution in [0.25, 0.3) is 22.3 Å². The zero-order valence-electron chi connectivity index (χ0n) is 18.1. The Kier molecular flexibility index (Phi) is 4.33. The van der Waals surface area contributed by atoms with Crippen LogP contribution >= 0.6 is 0 Å². The number of hydrogen-bond acceptors (Lipinski definition) is 0. The van der Waals surface area contributed by atoms with Crippen molar-refractivity contribution in [3.63, 3.8) is 0 Å². The van der Waals surface area contributed by atoms with E-state index in [1.807, 2.05) is 0 Å². The topological polar surface area (TPSA) is 0 Å². The Labute approximate surface area is 189 Å². The lowest BCUT2D eigenvalue weighted by atomic mass is 9.66. The van der Waals surface area contributed by atoms with Gasteiger partial charge in [0.05, 0.1) is 5.41 Å². The molecule has 0 aliphatic heterocycles. The third-order valence-corrected chi connectivity index (χ3v) is 6.85. The third kappa shape index (κ3) is 2.63. The van der Waals surface area contributed by atoms with Crippen LogP contribution in [0, 0.1) is 6.92 Å². The summed E-state index contributed by atoms with van der Waals surface area (Å²) in [6.45, 7) is 2.28. The summed E-state index contributed by atoms with van der Waals surface area (Å²) in [7, 11) is 0. The third-order valence-electron chi connectivity index (χ3n) is 6.85. The smallest absolute Gasteiger partial charge is 0.0622 e. The van der Waals surface area contributed by atoms with Gasteiger partial charge in [0.25, 0.3) is 0 Å². The summed E-state index contributed by atoms with van der Waals surface area (Å²) < 4.78 is 0. The second-order valence-electron chi connectivity index (χ2n) is 8.61. The molecule has 6 rings (SSSR count). The van der Waals surface area contributed by atoms with Crippen molar-refractivity contribution >= 4 is 0 Å². The molecule has 0 unspecified atom stereocenters. The molecule has 0 heteroatoms. The first kappa shape index (κ1) is 18.8. The van der Waals surface area contributed by atoms with E-state index in [1.54, 1.807) is 0 Å². The molecule has 1 aliphatic rings. The molecule has 0 spiro atoms. The van der Waals surface area contributed by atoms with Crippen LogP contribution in [0.2, 0.25) is 0 Å². The van der Waals surface area contributed by atoms with Crippen LogP contribution in [0.4, 0.5) is 0 Å². The number of rotatable bonds is 3. The Hall–Kier alpha value is -3.90. The molecule has 5 aromatic carbocycles. The second-order valence-corrected chi connectivity index (χ2v) is 8.61. The van der Waals surface area contributed by atoms with Crippen LogP contribution < -0.4 is 0 Å². The SMILES string of the molecule is Cc1cc(-c2ccccc2)cc2c1C(c1ccccc1)(c1ccccc1)c1ccccc1-2. The average Bonchev–Trinajstić information content (AvgIpc) is 3.17. The van der Waals surface area contributed by atoms with Crippen LogP contribution in [-0.2, 0) is 5.41 Å². The predicted octanol–water partition coefficient (Wildman–Crippen LogP) is 8.03. The molecular weight excluding hydrogens is 384 g/mol. The van der Waals surface area contributed by atoms with Crippen molar-refractivity contribution in [2.75, 3.05) is 0 Å². The van der Waals surface area contributed by atoms with Gasteiger partial charge in [-0.3, -0.25) is 0 Å². The minimum absolute atomic E-state index is 0.326. The van der Waals surface area contributed by atoms with Gasteiger partial charge in [0.2, 0.25) is 0 Å². The van der Waals surface area contributed by atoms with Gasteiger partial charge in [-0.15, -0.1) is 0 Å². The van der Waals surface area contributed by atoms with Gasteiger partial charge in [-0.2, -0.15) is 0 Å². The summed E-state index contributed by atoms with van der Waals surface area (Å²) in [6.07, 6.45) is 0. The lowest BCUT2D eigenvalue weighted by molar-refractivity contribution is 0.762. The van der Waals surface area contributed by atoms with Crippen molar-refractivity contribution in [1.82, 2.24) is 0 Å². The van der Waals surface area contributed by atoms with Gasteiger partial charge in [0, 0.05) is 0 Å². The first-order chi connectivity index (χ1) is 15.8. The van der Waals surface area contributed by atoms with Crippen molar-refractivity contribution < 1.29 is 0 Å². The molecule has 152 valence electrons. The molecule has 1 aliphatic carbocycles. The van der Waals surface area contributed by atoms with E-state index in [2.05, 4.69) is 134 Å². The van der Waals surface area contributed by atoms with E-state index in [4.69, 9.17) is 0 Å². The van der Waals surface area contributed by atoms with Gasteiger partial charge in [0.1, 0.15) is 0 Å². The van der Waals surface area contributed by atoms with Crippen molar-refractivity contribution in [3.8, 4) is 22.3 Å². The van der Waals surface area contributed by atoms with E-state index in [1.165, 1.54) is 50.1 Å². The number of aryl methyl sites for hydroxylation is 1. The van der Waals surface area contributed by atoms with Gasteiger partial charge >= 0.3 is 0 Å². The van der Waals surface area contributed by atoms with Crippen LogP contribution in [-0.4, -0.2) is 0 Å². The Morgan fingerprint density at radius 2 is 1.00 bits per heavy atom. The Balaban J connectivity index is 1.76. The fourth-order valence-electron chi connectivity index (χ4n) is 5.62. The summed E-state index contributed by atoms with van der Waals surface area (Å²) in [4.78, 5) is 0. The molecule has 0 N–H and O–H groups in total. The molecule has 0 amide bonds. The molecule has 0 aromatic heterocycles. The minimum Gasteiger partial charge on any atom is -0.0622 e. The highest BCUT2D eigenvalue weighted by Crippen LogP contribution is 2.57. The quantitative estimate of drug-likeness (QED) is 0.278. The van der Waals surface area contributed by atoms with Crippen molar-refractivity contribution in [3.05, 3.63) is 155 Å². The second kappa shape index (κ2) is 7.35. The summed E-state index contributed by atoms with van der Waals surface area (Å²) in [5.41, 5.74) is 11.6. The minimum atomic E-state index is -0.326. The highest BCUT2D eigenvalue weighted by atomic mass is 14.5. The molecule has 0 heterocycles. The summed E-state index contributed by atoms with van der Waals surface area (Å²) >= 11 is 0. The fourth-order valence-corrected chi connectivity index (χ4v) is 5.62. The van der Waals surface area contributed by atoms with Gasteiger partial charge in [-0.05, 0) is 63.1 Å². The average molecular weight is 409 g/mol. The summed E-state index contributed by atoms with van der Waals surface area (Å²) in [5, 5.41) is 0. The lowest BCUT2D eigenvalue weighted by Gasteiger charge is -2.35. The van der Waals surface area contributed by atoms with E-state index in [0.29, 0.717) is 0 Å². The van der Waals surface area contributed by atoms with Crippen LogP contribution in [0.3, 0.4) is 0 Å². The maximum Gasteiger partial charge on any atom is 0.0716 e. The highest BCUT2D eigenvalue weighted by molar-refractivity contribution is 5.90. The van der Waals surface area contributed by atoms with Crippen LogP contribution in [0.5, 0.6) is 0 Å². The van der Waals surface area contributed by atoms with Gasteiger partial charge in [-0.1, -0.05) is 121 Å². The Bertz CT molecular complexity index is 1360. The molecule has 0 saturated carbocycles. The largest absolute Gasteiger partial charge is 0.0716 e. The molecule has 0 saturated heterocycles. The van der Waals surface area contributed by atoms with E-state index in [9.17, 15) is 0 Å². The number of hydrogen-bond donors (Lipinski definition) is 0. The molecule has 0 radical (unpaired) electrons. The summed E-state index contributed by atoms with van der Waals surface area (Å²) in [5.74, 6) is 0. The first-order valence-electron chi connectivity index (χ1n) is 11.2. The lowest BCUT2D eigenvalue weighted by Crippen LogP contribution is -2.29. The van der Waals surface area contributed by atoms with Crippen LogP contribution in [0.1, 0.15) is 27.8 Å². The van der Waals surface area contributed by atoms with E-state index in [-0.39, 0.29) is 5.41 Å². The van der Waals surface area contributed by atoms with E-state index in [0.717, 1.165) is 0 Å². The van der Waals surface area contributed by atoms with Gasteiger partial charge in [0.15, 0.2) is 0 Å². The van der Waals surface area contributed by atoms with E-state index >= 15 is 0 Å². The van der Waals surface area contributed by atoms with Gasteiger partial charge in [-0.25, -0.2) is 0 Å². The van der Waals surface area contributed by atoms with E-state index < -0.39 is 0 Å². The standard InChI is InChI=1S/C32H24/c1-23-21-25(24-13-5-2-6-14-24)22-29-28-19-11-12-20-30(28)32(31(23)29,26-15-7-3-8-16-26)27-17-9-4-10-18-27/h2-22H,1H3. The van der Waals surface area contributed by atoms with Crippen LogP contribution in [0.15, 0.2) is 127 Å². The van der Waals surface area contributed by atoms with Gasteiger partial charge < -0.3 is 0 Å². The molecule has 5 aromatic rings. The number of benzene rings is 5. The molecule has 0 fully saturated rings. The summed E-state index contributed by atoms with van der Waals surface area (Å²) in [6, 6.07) is 46.4. The Morgan fingerprint density at radius 3 is 1.62 bits per heavy atom. The zero-order valence-corrected chi connectivity index (χ0v) is 18.1. The molecule has 0 atom stereocenters. The monoisotopic (exact) mass is 408 g/mol. The fraction of sp³-hybridized carbons (Fsp3) is 0.0625. The molecule has 32 heavy (non-hydrogen) atoms. The van der Waals surface area contributed by atoms with Crippen molar-refractivity contribution in [2.24, 2.45) is 0 Å². The normalized spacial score (nSPS) is 13.4. The first-order valence-corrected chi connectivity index (χ1v) is 11.2. The molecule has 0 bridgehead atoms.